The molecule has 0 atom stereocenters. The maximum atomic E-state index is 8.61. The number of hydrogen-bond donors (Lipinski definition) is 1. The number of unbranched alkanes of at least 4 members (excludes halogenated alkanes) is 23. The van der Waals surface area contributed by atoms with Crippen LogP contribution in [0.5, 0.6) is 0 Å². The van der Waals surface area contributed by atoms with Crippen molar-refractivity contribution < 1.29 is 5.11 Å². The summed E-state index contributed by atoms with van der Waals surface area (Å²) in [6, 6.07) is 0. The van der Waals surface area contributed by atoms with E-state index in [4.69, 9.17) is 5.11 Å². The van der Waals surface area contributed by atoms with Crippen molar-refractivity contribution in [1.29, 1.82) is 0 Å². The molecule has 0 aromatic carbocycles. The molecule has 163 valence electrons. The molecule has 1 heteroatoms. The van der Waals surface area contributed by atoms with E-state index < -0.39 is 0 Å². The summed E-state index contributed by atoms with van der Waals surface area (Å²) >= 11 is 0. The molecule has 0 aliphatic carbocycles. The highest BCUT2D eigenvalue weighted by Gasteiger charge is 1.96. The predicted molar refractivity (Wildman–Crippen MR) is 123 cm³/mol. The van der Waals surface area contributed by atoms with E-state index in [1.54, 1.807) is 0 Å². The molecule has 0 fully saturated rings. The molecule has 0 amide bonds. The maximum Gasteiger partial charge on any atom is 0.0799 e. The van der Waals surface area contributed by atoms with Gasteiger partial charge in [0.2, 0.25) is 0 Å². The van der Waals surface area contributed by atoms with E-state index in [0.717, 1.165) is 12.8 Å². The van der Waals surface area contributed by atoms with Crippen LogP contribution in [-0.2, 0) is 0 Å². The summed E-state index contributed by atoms with van der Waals surface area (Å²) in [6.45, 7) is 3.60. The van der Waals surface area contributed by atoms with Gasteiger partial charge < -0.3 is 5.11 Å². The molecule has 0 aliphatic heterocycles. The summed E-state index contributed by atoms with van der Waals surface area (Å²) in [7, 11) is 0. The minimum absolute atomic E-state index is 0.874. The van der Waals surface area contributed by atoms with Crippen molar-refractivity contribution in [3.63, 3.8) is 0 Å². The SMILES string of the molecule is CCCCCCCCCCCCCCCCCCCCCCCCC[CH]O. The third kappa shape index (κ3) is 26.0. The zero-order chi connectivity index (χ0) is 19.7. The first-order valence-corrected chi connectivity index (χ1v) is 12.9. The zero-order valence-corrected chi connectivity index (χ0v) is 19.0. The van der Waals surface area contributed by atoms with Gasteiger partial charge in [-0.2, -0.15) is 0 Å². The number of hydrogen-bond acceptors (Lipinski definition) is 1. The molecule has 0 saturated carbocycles. The van der Waals surface area contributed by atoms with Gasteiger partial charge in [0.15, 0.2) is 0 Å². The minimum Gasteiger partial charge on any atom is -0.390 e. The second-order valence-corrected chi connectivity index (χ2v) is 8.75. The first kappa shape index (κ1) is 27.0. The molecule has 27 heavy (non-hydrogen) atoms. The molecule has 0 saturated heterocycles. The molecule has 0 aromatic rings. The Morgan fingerprint density at radius 3 is 0.815 bits per heavy atom. The zero-order valence-electron chi connectivity index (χ0n) is 19.0. The van der Waals surface area contributed by atoms with Crippen molar-refractivity contribution >= 4 is 0 Å². The summed E-state index contributed by atoms with van der Waals surface area (Å²) in [6.07, 6.45) is 33.8. The summed E-state index contributed by atoms with van der Waals surface area (Å²) in [5.74, 6) is 0. The molecule has 1 radical (unpaired) electrons. The number of rotatable bonds is 24. The Kier molecular flexibility index (Phi) is 25.9. The van der Waals surface area contributed by atoms with Crippen LogP contribution in [0.4, 0.5) is 0 Å². The number of aliphatic hydroxyl groups is 1. The van der Waals surface area contributed by atoms with Crippen LogP contribution in [0.1, 0.15) is 161 Å². The molecule has 0 heterocycles. The van der Waals surface area contributed by atoms with E-state index in [1.165, 1.54) is 148 Å². The number of aliphatic hydroxyl groups excluding tert-OH is 1. The van der Waals surface area contributed by atoms with Gasteiger partial charge in [-0.3, -0.25) is 0 Å². The van der Waals surface area contributed by atoms with Crippen LogP contribution in [0.2, 0.25) is 0 Å². The van der Waals surface area contributed by atoms with Gasteiger partial charge in [-0.1, -0.05) is 155 Å². The summed E-state index contributed by atoms with van der Waals surface area (Å²) in [5.41, 5.74) is 0. The van der Waals surface area contributed by atoms with Gasteiger partial charge in [-0.25, -0.2) is 0 Å². The molecule has 0 aliphatic rings. The molecule has 0 aromatic heterocycles. The quantitative estimate of drug-likeness (QED) is 0.165. The average molecular weight is 382 g/mol. The lowest BCUT2D eigenvalue weighted by Gasteiger charge is -2.04. The fourth-order valence-corrected chi connectivity index (χ4v) is 4.02. The Hall–Kier alpha value is -0.0400. The molecule has 1 N–H and O–H groups in total. The Morgan fingerprint density at radius 2 is 0.593 bits per heavy atom. The van der Waals surface area contributed by atoms with Crippen LogP contribution in [0, 0.1) is 6.61 Å². The van der Waals surface area contributed by atoms with E-state index in [2.05, 4.69) is 6.92 Å². The van der Waals surface area contributed by atoms with Crippen molar-refractivity contribution in [2.45, 2.75) is 161 Å². The largest absolute Gasteiger partial charge is 0.390 e. The highest BCUT2D eigenvalue weighted by atomic mass is 16.2. The Morgan fingerprint density at radius 1 is 0.370 bits per heavy atom. The molecule has 0 spiro atoms. The molecular formula is C26H53O. The normalized spacial score (nSPS) is 11.3. The van der Waals surface area contributed by atoms with E-state index >= 15 is 0 Å². The monoisotopic (exact) mass is 381 g/mol. The molecule has 0 bridgehead atoms. The van der Waals surface area contributed by atoms with Crippen LogP contribution in [0.15, 0.2) is 0 Å². The minimum atomic E-state index is 0.874. The first-order chi connectivity index (χ1) is 13.4. The van der Waals surface area contributed by atoms with Crippen molar-refractivity contribution in [3.05, 3.63) is 6.61 Å². The standard InChI is InChI=1S/C26H53O/c1-2-3-4-5-6-7-8-9-10-11-12-13-14-15-16-17-18-19-20-21-22-23-24-25-26-27/h26-27H,2-25H2,1H3. The molecule has 0 rings (SSSR count). The van der Waals surface area contributed by atoms with Gasteiger partial charge in [-0.15, -0.1) is 0 Å². The van der Waals surface area contributed by atoms with E-state index in [9.17, 15) is 0 Å². The molecular weight excluding hydrogens is 328 g/mol. The van der Waals surface area contributed by atoms with Gasteiger partial charge in [-0.05, 0) is 6.42 Å². The fraction of sp³-hybridized carbons (Fsp3) is 0.962. The highest BCUT2D eigenvalue weighted by molar-refractivity contribution is 4.52. The van der Waals surface area contributed by atoms with E-state index in [1.807, 2.05) is 0 Å². The van der Waals surface area contributed by atoms with Gasteiger partial charge in [0.05, 0.1) is 6.61 Å². The Bertz CT molecular complexity index is 214. The van der Waals surface area contributed by atoms with Crippen molar-refractivity contribution in [2.24, 2.45) is 0 Å². The third-order valence-electron chi connectivity index (χ3n) is 5.94. The second-order valence-electron chi connectivity index (χ2n) is 8.75. The third-order valence-corrected chi connectivity index (χ3v) is 5.94. The average Bonchev–Trinajstić information content (AvgIpc) is 2.68. The van der Waals surface area contributed by atoms with Gasteiger partial charge in [0, 0.05) is 0 Å². The first-order valence-electron chi connectivity index (χ1n) is 12.9. The predicted octanol–water partition coefficient (Wildman–Crippen LogP) is 9.90. The van der Waals surface area contributed by atoms with Crippen LogP contribution in [-0.4, -0.2) is 5.11 Å². The van der Waals surface area contributed by atoms with Crippen molar-refractivity contribution in [1.82, 2.24) is 0 Å². The lowest BCUT2D eigenvalue weighted by molar-refractivity contribution is 0.367. The Balaban J connectivity index is 2.95. The lowest BCUT2D eigenvalue weighted by Crippen LogP contribution is -1.84. The summed E-state index contributed by atoms with van der Waals surface area (Å²) in [5, 5.41) is 8.61. The van der Waals surface area contributed by atoms with Crippen LogP contribution < -0.4 is 0 Å². The van der Waals surface area contributed by atoms with Crippen molar-refractivity contribution in [2.75, 3.05) is 0 Å². The molecule has 0 unspecified atom stereocenters. The van der Waals surface area contributed by atoms with E-state index in [-0.39, 0.29) is 0 Å². The van der Waals surface area contributed by atoms with Crippen LogP contribution in [0.25, 0.3) is 0 Å². The fourth-order valence-electron chi connectivity index (χ4n) is 4.02. The topological polar surface area (TPSA) is 20.2 Å². The smallest absolute Gasteiger partial charge is 0.0799 e. The Labute approximate surface area is 173 Å². The summed E-state index contributed by atoms with van der Waals surface area (Å²) < 4.78 is 0. The van der Waals surface area contributed by atoms with E-state index in [0.29, 0.717) is 0 Å². The van der Waals surface area contributed by atoms with Gasteiger partial charge >= 0.3 is 0 Å². The lowest BCUT2D eigenvalue weighted by atomic mass is 10.0. The van der Waals surface area contributed by atoms with Gasteiger partial charge in [0.1, 0.15) is 0 Å². The van der Waals surface area contributed by atoms with Crippen LogP contribution in [0.3, 0.4) is 0 Å². The summed E-state index contributed by atoms with van der Waals surface area (Å²) in [4.78, 5) is 0. The second kappa shape index (κ2) is 26.0. The highest BCUT2D eigenvalue weighted by Crippen LogP contribution is 2.15. The van der Waals surface area contributed by atoms with Gasteiger partial charge in [0.25, 0.3) is 0 Å². The maximum absolute atomic E-state index is 8.61. The van der Waals surface area contributed by atoms with Crippen LogP contribution >= 0.6 is 0 Å². The van der Waals surface area contributed by atoms with Crippen molar-refractivity contribution in [3.8, 4) is 0 Å². The molecule has 1 nitrogen and oxygen atoms in total.